The van der Waals surface area contributed by atoms with Crippen molar-refractivity contribution in [1.82, 2.24) is 9.97 Å². The highest BCUT2D eigenvalue weighted by atomic mass is 32.1. The molecule has 1 aromatic carbocycles. The SMILES string of the molecule is Cc1ccc2nc(Nc3nc(C)ccc3C#N)sc2c1. The Labute approximate surface area is 120 Å². The third-order valence-corrected chi connectivity index (χ3v) is 3.86. The van der Waals surface area contributed by atoms with Gasteiger partial charge in [-0.3, -0.25) is 0 Å². The van der Waals surface area contributed by atoms with Crippen molar-refractivity contribution < 1.29 is 0 Å². The Morgan fingerprint density at radius 2 is 2.00 bits per heavy atom. The fourth-order valence-corrected chi connectivity index (χ4v) is 2.89. The molecule has 0 fully saturated rings. The molecule has 3 aromatic rings. The third-order valence-electron chi connectivity index (χ3n) is 2.92. The molecule has 0 unspecified atom stereocenters. The maximum atomic E-state index is 9.12. The molecule has 1 N–H and O–H groups in total. The van der Waals surface area contributed by atoms with Crippen LogP contribution in [0.15, 0.2) is 30.3 Å². The summed E-state index contributed by atoms with van der Waals surface area (Å²) < 4.78 is 1.12. The molecule has 0 aliphatic rings. The van der Waals surface area contributed by atoms with Gasteiger partial charge in [0.15, 0.2) is 5.13 Å². The van der Waals surface area contributed by atoms with E-state index in [0.29, 0.717) is 11.4 Å². The predicted molar refractivity (Wildman–Crippen MR) is 81.3 cm³/mol. The van der Waals surface area contributed by atoms with Crippen LogP contribution in [0.5, 0.6) is 0 Å². The first-order valence-electron chi connectivity index (χ1n) is 6.17. The molecule has 20 heavy (non-hydrogen) atoms. The summed E-state index contributed by atoms with van der Waals surface area (Å²) in [7, 11) is 0. The highest BCUT2D eigenvalue weighted by Crippen LogP contribution is 2.29. The molecule has 0 amide bonds. The van der Waals surface area contributed by atoms with Crippen LogP contribution in [0.2, 0.25) is 0 Å². The molecule has 0 aliphatic carbocycles. The number of pyridine rings is 1. The molecular weight excluding hydrogens is 268 g/mol. The van der Waals surface area contributed by atoms with Gasteiger partial charge >= 0.3 is 0 Å². The number of hydrogen-bond donors (Lipinski definition) is 1. The average Bonchev–Trinajstić information content (AvgIpc) is 2.80. The number of aromatic nitrogens is 2. The van der Waals surface area contributed by atoms with Crippen LogP contribution < -0.4 is 5.32 Å². The average molecular weight is 280 g/mol. The summed E-state index contributed by atoms with van der Waals surface area (Å²) in [5.74, 6) is 0.559. The minimum atomic E-state index is 0.519. The molecule has 0 radical (unpaired) electrons. The second-order valence-corrected chi connectivity index (χ2v) is 5.61. The van der Waals surface area contributed by atoms with Crippen LogP contribution in [0.3, 0.4) is 0 Å². The van der Waals surface area contributed by atoms with Gasteiger partial charge in [0, 0.05) is 5.69 Å². The number of thiazole rings is 1. The number of nitrogens with one attached hydrogen (secondary N) is 1. The quantitative estimate of drug-likeness (QED) is 0.772. The summed E-state index contributed by atoms with van der Waals surface area (Å²) in [6, 6.07) is 11.9. The van der Waals surface area contributed by atoms with Crippen LogP contribution in [0, 0.1) is 25.2 Å². The molecule has 0 saturated carbocycles. The zero-order valence-corrected chi connectivity index (χ0v) is 12.0. The lowest BCUT2D eigenvalue weighted by atomic mass is 10.2. The third kappa shape index (κ3) is 2.33. The molecule has 0 aliphatic heterocycles. The van der Waals surface area contributed by atoms with Crippen molar-refractivity contribution in [3.05, 3.63) is 47.2 Å². The van der Waals surface area contributed by atoms with Crippen LogP contribution in [-0.2, 0) is 0 Å². The smallest absolute Gasteiger partial charge is 0.189 e. The van der Waals surface area contributed by atoms with E-state index in [9.17, 15) is 0 Å². The summed E-state index contributed by atoms with van der Waals surface area (Å²) in [5.41, 5.74) is 3.54. The molecule has 5 heteroatoms. The van der Waals surface area contributed by atoms with E-state index in [1.165, 1.54) is 5.56 Å². The van der Waals surface area contributed by atoms with Gasteiger partial charge in [-0.2, -0.15) is 5.26 Å². The van der Waals surface area contributed by atoms with Gasteiger partial charge in [0.25, 0.3) is 0 Å². The maximum Gasteiger partial charge on any atom is 0.189 e. The summed E-state index contributed by atoms with van der Waals surface area (Å²) in [5, 5.41) is 13.0. The van der Waals surface area contributed by atoms with E-state index in [2.05, 4.69) is 34.3 Å². The van der Waals surface area contributed by atoms with Crippen molar-refractivity contribution in [3.8, 4) is 6.07 Å². The van der Waals surface area contributed by atoms with E-state index in [0.717, 1.165) is 21.0 Å². The normalized spacial score (nSPS) is 10.4. The van der Waals surface area contributed by atoms with Crippen molar-refractivity contribution in [1.29, 1.82) is 5.26 Å². The first kappa shape index (κ1) is 12.6. The molecule has 0 atom stereocenters. The van der Waals surface area contributed by atoms with E-state index < -0.39 is 0 Å². The number of benzene rings is 1. The molecule has 0 bridgehead atoms. The fourth-order valence-electron chi connectivity index (χ4n) is 1.93. The van der Waals surface area contributed by atoms with Crippen LogP contribution in [0.25, 0.3) is 10.2 Å². The zero-order chi connectivity index (χ0) is 14.1. The Balaban J connectivity index is 2.01. The van der Waals surface area contributed by atoms with Crippen molar-refractivity contribution in [2.24, 2.45) is 0 Å². The zero-order valence-electron chi connectivity index (χ0n) is 11.1. The topological polar surface area (TPSA) is 61.6 Å². The standard InChI is InChI=1S/C15H12N4S/c1-9-3-6-12-13(7-9)20-15(18-12)19-14-11(8-16)5-4-10(2)17-14/h3-7H,1-2H3,(H,17,18,19). The summed E-state index contributed by atoms with van der Waals surface area (Å²) in [4.78, 5) is 8.87. The van der Waals surface area contributed by atoms with Gasteiger partial charge in [0.2, 0.25) is 0 Å². The number of nitrogens with zero attached hydrogens (tertiary/aromatic N) is 3. The van der Waals surface area contributed by atoms with Crippen molar-refractivity contribution in [2.75, 3.05) is 5.32 Å². The van der Waals surface area contributed by atoms with Gasteiger partial charge in [0.05, 0.1) is 15.8 Å². The Hall–Kier alpha value is -2.45. The lowest BCUT2D eigenvalue weighted by Gasteiger charge is -2.04. The molecule has 0 spiro atoms. The maximum absolute atomic E-state index is 9.12. The minimum Gasteiger partial charge on any atom is -0.315 e. The number of aryl methyl sites for hydroxylation is 2. The van der Waals surface area contributed by atoms with Crippen LogP contribution in [-0.4, -0.2) is 9.97 Å². The summed E-state index contributed by atoms with van der Waals surface area (Å²) >= 11 is 1.56. The molecule has 2 heterocycles. The van der Waals surface area contributed by atoms with Crippen LogP contribution >= 0.6 is 11.3 Å². The highest BCUT2D eigenvalue weighted by Gasteiger charge is 2.08. The van der Waals surface area contributed by atoms with Crippen LogP contribution in [0.1, 0.15) is 16.8 Å². The highest BCUT2D eigenvalue weighted by molar-refractivity contribution is 7.22. The predicted octanol–water partition coefficient (Wildman–Crippen LogP) is 3.92. The van der Waals surface area contributed by atoms with E-state index >= 15 is 0 Å². The molecule has 98 valence electrons. The molecular formula is C15H12N4S. The van der Waals surface area contributed by atoms with Gasteiger partial charge in [-0.15, -0.1) is 0 Å². The van der Waals surface area contributed by atoms with Crippen molar-refractivity contribution in [2.45, 2.75) is 13.8 Å². The minimum absolute atomic E-state index is 0.519. The largest absolute Gasteiger partial charge is 0.315 e. The first-order valence-corrected chi connectivity index (χ1v) is 6.99. The second kappa shape index (κ2) is 4.91. The summed E-state index contributed by atoms with van der Waals surface area (Å²) in [6.45, 7) is 3.95. The number of rotatable bonds is 2. The summed E-state index contributed by atoms with van der Waals surface area (Å²) in [6.07, 6.45) is 0. The Morgan fingerprint density at radius 3 is 2.80 bits per heavy atom. The van der Waals surface area contributed by atoms with Crippen LogP contribution in [0.4, 0.5) is 10.9 Å². The molecule has 2 aromatic heterocycles. The Morgan fingerprint density at radius 1 is 1.15 bits per heavy atom. The lowest BCUT2D eigenvalue weighted by Crippen LogP contribution is -1.97. The molecule has 0 saturated heterocycles. The van der Waals surface area contributed by atoms with Gasteiger partial charge in [-0.25, -0.2) is 9.97 Å². The number of hydrogen-bond acceptors (Lipinski definition) is 5. The van der Waals surface area contributed by atoms with Gasteiger partial charge in [-0.05, 0) is 43.7 Å². The number of anilines is 2. The second-order valence-electron chi connectivity index (χ2n) is 4.58. The van der Waals surface area contributed by atoms with Gasteiger partial charge in [0.1, 0.15) is 11.9 Å². The van der Waals surface area contributed by atoms with Gasteiger partial charge in [-0.1, -0.05) is 17.4 Å². The van der Waals surface area contributed by atoms with Crippen molar-refractivity contribution in [3.63, 3.8) is 0 Å². The monoisotopic (exact) mass is 280 g/mol. The fraction of sp³-hybridized carbons (Fsp3) is 0.133. The molecule has 3 rings (SSSR count). The van der Waals surface area contributed by atoms with E-state index in [1.54, 1.807) is 17.4 Å². The number of fused-ring (bicyclic) bond motifs is 1. The van der Waals surface area contributed by atoms with E-state index in [4.69, 9.17) is 5.26 Å². The van der Waals surface area contributed by atoms with E-state index in [1.807, 2.05) is 25.1 Å². The Bertz CT molecular complexity index is 829. The van der Waals surface area contributed by atoms with Gasteiger partial charge < -0.3 is 5.32 Å². The lowest BCUT2D eigenvalue weighted by molar-refractivity contribution is 1.18. The van der Waals surface area contributed by atoms with Crippen molar-refractivity contribution >= 4 is 32.5 Å². The first-order chi connectivity index (χ1) is 9.65. The van der Waals surface area contributed by atoms with E-state index in [-0.39, 0.29) is 0 Å². The Kier molecular flexibility index (Phi) is 3.09. The number of nitriles is 1. The molecule has 4 nitrogen and oxygen atoms in total.